The summed E-state index contributed by atoms with van der Waals surface area (Å²) in [7, 11) is 0. The summed E-state index contributed by atoms with van der Waals surface area (Å²) in [6, 6.07) is 12.3. The standard InChI is InChI=1S/C19H20BrNO4/c1-3-12(2)14-6-4-5-7-17(14)25-11-18(22)21-16-9-8-13(20)10-15(16)19(23)24/h4-10,12H,3,11H2,1-2H3,(H,21,22)(H,23,24)/t12-/m0/s1. The van der Waals surface area contributed by atoms with Crippen LogP contribution in [0.3, 0.4) is 0 Å². The molecule has 0 aliphatic carbocycles. The van der Waals surface area contributed by atoms with Crippen molar-refractivity contribution in [2.75, 3.05) is 11.9 Å². The van der Waals surface area contributed by atoms with Crippen molar-refractivity contribution in [2.24, 2.45) is 0 Å². The number of carboxylic acid groups (broad SMARTS) is 1. The summed E-state index contributed by atoms with van der Waals surface area (Å²) in [5.41, 5.74) is 1.30. The zero-order chi connectivity index (χ0) is 18.4. The van der Waals surface area contributed by atoms with Crippen LogP contribution < -0.4 is 10.1 Å². The van der Waals surface area contributed by atoms with Crippen LogP contribution in [0.2, 0.25) is 0 Å². The van der Waals surface area contributed by atoms with Gasteiger partial charge < -0.3 is 15.2 Å². The number of aromatic carboxylic acids is 1. The number of para-hydroxylation sites is 1. The molecule has 0 radical (unpaired) electrons. The molecule has 2 N–H and O–H groups in total. The number of carboxylic acids is 1. The predicted octanol–water partition coefficient (Wildman–Crippen LogP) is 4.68. The number of carbonyl (C=O) groups excluding carboxylic acids is 1. The summed E-state index contributed by atoms with van der Waals surface area (Å²) >= 11 is 3.22. The highest BCUT2D eigenvalue weighted by atomic mass is 79.9. The first-order valence-electron chi connectivity index (χ1n) is 7.96. The van der Waals surface area contributed by atoms with Crippen molar-refractivity contribution in [1.82, 2.24) is 0 Å². The lowest BCUT2D eigenvalue weighted by Crippen LogP contribution is -2.22. The molecule has 6 heteroatoms. The Labute approximate surface area is 155 Å². The van der Waals surface area contributed by atoms with Crippen LogP contribution in [-0.2, 0) is 4.79 Å². The van der Waals surface area contributed by atoms with Gasteiger partial charge in [-0.1, -0.05) is 48.0 Å². The summed E-state index contributed by atoms with van der Waals surface area (Å²) < 4.78 is 6.28. The molecule has 5 nitrogen and oxygen atoms in total. The second kappa shape index (κ2) is 8.67. The summed E-state index contributed by atoms with van der Waals surface area (Å²) in [6.45, 7) is 4.00. The van der Waals surface area contributed by atoms with Gasteiger partial charge in [-0.05, 0) is 42.2 Å². The molecule has 0 heterocycles. The number of benzene rings is 2. The fraction of sp³-hybridized carbons (Fsp3) is 0.263. The van der Waals surface area contributed by atoms with E-state index in [2.05, 4.69) is 35.1 Å². The minimum atomic E-state index is -1.11. The highest BCUT2D eigenvalue weighted by Crippen LogP contribution is 2.28. The molecule has 0 saturated heterocycles. The van der Waals surface area contributed by atoms with Crippen molar-refractivity contribution in [2.45, 2.75) is 26.2 Å². The fourth-order valence-corrected chi connectivity index (χ4v) is 2.73. The summed E-state index contributed by atoms with van der Waals surface area (Å²) in [4.78, 5) is 23.4. The number of hydrogen-bond acceptors (Lipinski definition) is 3. The average molecular weight is 406 g/mol. The lowest BCUT2D eigenvalue weighted by atomic mass is 9.98. The molecular formula is C19H20BrNO4. The van der Waals surface area contributed by atoms with E-state index in [0.29, 0.717) is 16.1 Å². The van der Waals surface area contributed by atoms with Crippen molar-refractivity contribution >= 4 is 33.5 Å². The summed E-state index contributed by atoms with van der Waals surface area (Å²) in [6.07, 6.45) is 0.966. The molecule has 2 aromatic rings. The molecule has 0 aliphatic heterocycles. The van der Waals surface area contributed by atoms with Gasteiger partial charge in [-0.25, -0.2) is 4.79 Å². The molecule has 0 bridgehead atoms. The molecule has 0 aliphatic rings. The fourth-order valence-electron chi connectivity index (χ4n) is 2.37. The van der Waals surface area contributed by atoms with Crippen molar-refractivity contribution in [3.63, 3.8) is 0 Å². The number of halogens is 1. The van der Waals surface area contributed by atoms with Crippen LogP contribution in [0.5, 0.6) is 5.75 Å². The Bertz CT molecular complexity index is 776. The second-order valence-electron chi connectivity index (χ2n) is 5.68. The van der Waals surface area contributed by atoms with Gasteiger partial charge in [0.25, 0.3) is 5.91 Å². The zero-order valence-electron chi connectivity index (χ0n) is 14.1. The van der Waals surface area contributed by atoms with Crippen LogP contribution in [0.4, 0.5) is 5.69 Å². The van der Waals surface area contributed by atoms with Crippen molar-refractivity contribution < 1.29 is 19.4 Å². The van der Waals surface area contributed by atoms with Crippen molar-refractivity contribution in [3.8, 4) is 5.75 Å². The first-order valence-corrected chi connectivity index (χ1v) is 8.76. The molecule has 0 saturated carbocycles. The van der Waals surface area contributed by atoms with E-state index in [9.17, 15) is 14.7 Å². The van der Waals surface area contributed by atoms with Gasteiger partial charge in [-0.15, -0.1) is 0 Å². The quantitative estimate of drug-likeness (QED) is 0.700. The topological polar surface area (TPSA) is 75.6 Å². The van der Waals surface area contributed by atoms with Gasteiger partial charge in [-0.3, -0.25) is 4.79 Å². The Morgan fingerprint density at radius 2 is 1.96 bits per heavy atom. The van der Waals surface area contributed by atoms with Gasteiger partial charge in [0.05, 0.1) is 11.3 Å². The smallest absolute Gasteiger partial charge is 0.337 e. The van der Waals surface area contributed by atoms with E-state index in [1.165, 1.54) is 6.07 Å². The molecule has 1 atom stereocenters. The third-order valence-electron chi connectivity index (χ3n) is 3.91. The maximum Gasteiger partial charge on any atom is 0.337 e. The molecule has 25 heavy (non-hydrogen) atoms. The molecule has 0 unspecified atom stereocenters. The summed E-state index contributed by atoms with van der Waals surface area (Å²) in [5, 5.41) is 11.8. The van der Waals surface area contributed by atoms with Gasteiger partial charge in [0.1, 0.15) is 5.75 Å². The van der Waals surface area contributed by atoms with Crippen LogP contribution in [-0.4, -0.2) is 23.6 Å². The number of hydrogen-bond donors (Lipinski definition) is 2. The van der Waals surface area contributed by atoms with Crippen LogP contribution >= 0.6 is 15.9 Å². The van der Waals surface area contributed by atoms with Crippen LogP contribution in [0, 0.1) is 0 Å². The number of amides is 1. The largest absolute Gasteiger partial charge is 0.483 e. The Kier molecular flexibility index (Phi) is 6.58. The van der Waals surface area contributed by atoms with E-state index < -0.39 is 11.9 Å². The van der Waals surface area contributed by atoms with Crippen LogP contribution in [0.1, 0.15) is 42.1 Å². The van der Waals surface area contributed by atoms with Gasteiger partial charge in [-0.2, -0.15) is 0 Å². The Morgan fingerprint density at radius 1 is 1.24 bits per heavy atom. The number of nitrogens with one attached hydrogen (secondary N) is 1. The maximum absolute atomic E-state index is 12.2. The molecule has 0 fully saturated rings. The van der Waals surface area contributed by atoms with E-state index in [0.717, 1.165) is 12.0 Å². The van der Waals surface area contributed by atoms with E-state index in [-0.39, 0.29) is 17.9 Å². The molecule has 2 rings (SSSR count). The number of carbonyl (C=O) groups is 2. The van der Waals surface area contributed by atoms with E-state index >= 15 is 0 Å². The zero-order valence-corrected chi connectivity index (χ0v) is 15.7. The lowest BCUT2D eigenvalue weighted by Gasteiger charge is -2.15. The second-order valence-corrected chi connectivity index (χ2v) is 6.59. The van der Waals surface area contributed by atoms with E-state index in [4.69, 9.17) is 4.74 Å². The first-order chi connectivity index (χ1) is 11.9. The number of ether oxygens (including phenoxy) is 1. The predicted molar refractivity (Wildman–Crippen MR) is 100 cm³/mol. The molecule has 0 spiro atoms. The number of rotatable bonds is 7. The highest BCUT2D eigenvalue weighted by molar-refractivity contribution is 9.10. The Hall–Kier alpha value is -2.34. The van der Waals surface area contributed by atoms with Gasteiger partial charge in [0.15, 0.2) is 6.61 Å². The van der Waals surface area contributed by atoms with Gasteiger partial charge in [0, 0.05) is 4.47 Å². The minimum Gasteiger partial charge on any atom is -0.483 e. The van der Waals surface area contributed by atoms with Gasteiger partial charge in [0.2, 0.25) is 0 Å². The molecule has 0 aromatic heterocycles. The average Bonchev–Trinajstić information content (AvgIpc) is 2.61. The Balaban J connectivity index is 2.07. The van der Waals surface area contributed by atoms with E-state index in [1.54, 1.807) is 12.1 Å². The van der Waals surface area contributed by atoms with Crippen LogP contribution in [0.25, 0.3) is 0 Å². The van der Waals surface area contributed by atoms with E-state index in [1.807, 2.05) is 24.3 Å². The third-order valence-corrected chi connectivity index (χ3v) is 4.40. The number of anilines is 1. The SMILES string of the molecule is CC[C@H](C)c1ccccc1OCC(=O)Nc1ccc(Br)cc1C(=O)O. The normalized spacial score (nSPS) is 11.6. The summed E-state index contributed by atoms with van der Waals surface area (Å²) in [5.74, 6) is -0.533. The van der Waals surface area contributed by atoms with Gasteiger partial charge >= 0.3 is 5.97 Å². The van der Waals surface area contributed by atoms with Crippen LogP contribution in [0.15, 0.2) is 46.9 Å². The lowest BCUT2D eigenvalue weighted by molar-refractivity contribution is -0.118. The molecular weight excluding hydrogens is 386 g/mol. The molecule has 2 aromatic carbocycles. The van der Waals surface area contributed by atoms with Crippen molar-refractivity contribution in [3.05, 3.63) is 58.1 Å². The van der Waals surface area contributed by atoms with Crippen molar-refractivity contribution in [1.29, 1.82) is 0 Å². The highest BCUT2D eigenvalue weighted by Gasteiger charge is 2.15. The monoisotopic (exact) mass is 405 g/mol. The Morgan fingerprint density at radius 3 is 2.64 bits per heavy atom. The first kappa shape index (κ1) is 19.0. The molecule has 132 valence electrons. The minimum absolute atomic E-state index is 0.0164. The molecule has 1 amide bonds. The third kappa shape index (κ3) is 5.06. The maximum atomic E-state index is 12.2.